The third-order valence-corrected chi connectivity index (χ3v) is 5.47. The Labute approximate surface area is 193 Å². The standard InChI is InChI=1S/C27H30F3NO2/c1-6-19-9-8-10-20(7-2)26(19)24-15-25(33-17(3)4)23(18(5)31-24)16-32-22-13-11-21(12-14-22)27(28,29)30/h8-15,17H,6-7,16H2,1-5H3. The van der Waals surface area contributed by atoms with Gasteiger partial charge in [-0.05, 0) is 69.0 Å². The summed E-state index contributed by atoms with van der Waals surface area (Å²) in [6.45, 7) is 10.2. The molecule has 33 heavy (non-hydrogen) atoms. The van der Waals surface area contributed by atoms with E-state index in [1.54, 1.807) is 0 Å². The normalized spacial score (nSPS) is 11.7. The molecule has 0 saturated heterocycles. The minimum Gasteiger partial charge on any atom is -0.490 e. The van der Waals surface area contributed by atoms with Crippen LogP contribution >= 0.6 is 0 Å². The van der Waals surface area contributed by atoms with Crippen molar-refractivity contribution < 1.29 is 22.6 Å². The molecule has 1 aromatic heterocycles. The summed E-state index contributed by atoms with van der Waals surface area (Å²) >= 11 is 0. The summed E-state index contributed by atoms with van der Waals surface area (Å²) in [5.41, 5.74) is 5.28. The number of pyridine rings is 1. The lowest BCUT2D eigenvalue weighted by atomic mass is 9.94. The van der Waals surface area contributed by atoms with Gasteiger partial charge >= 0.3 is 6.18 Å². The highest BCUT2D eigenvalue weighted by molar-refractivity contribution is 5.70. The minimum atomic E-state index is -4.38. The van der Waals surface area contributed by atoms with Crippen LogP contribution in [0.15, 0.2) is 48.5 Å². The molecular formula is C27H30F3NO2. The number of aromatic nitrogens is 1. The van der Waals surface area contributed by atoms with Crippen LogP contribution in [-0.2, 0) is 25.6 Å². The second-order valence-electron chi connectivity index (χ2n) is 8.21. The Morgan fingerprint density at radius 1 is 0.939 bits per heavy atom. The van der Waals surface area contributed by atoms with Gasteiger partial charge in [0.25, 0.3) is 0 Å². The minimum absolute atomic E-state index is 0.0588. The van der Waals surface area contributed by atoms with E-state index in [0.29, 0.717) is 11.5 Å². The predicted molar refractivity (Wildman–Crippen MR) is 125 cm³/mol. The van der Waals surface area contributed by atoms with Crippen molar-refractivity contribution in [1.29, 1.82) is 0 Å². The quantitative estimate of drug-likeness (QED) is 0.350. The number of hydrogen-bond acceptors (Lipinski definition) is 3. The molecule has 2 aromatic carbocycles. The third-order valence-electron chi connectivity index (χ3n) is 5.47. The topological polar surface area (TPSA) is 31.4 Å². The van der Waals surface area contributed by atoms with Crippen molar-refractivity contribution in [1.82, 2.24) is 4.98 Å². The molecule has 1 heterocycles. The smallest absolute Gasteiger partial charge is 0.416 e. The lowest BCUT2D eigenvalue weighted by Crippen LogP contribution is -2.11. The fraction of sp³-hybridized carbons (Fsp3) is 0.370. The molecule has 0 aliphatic rings. The van der Waals surface area contributed by atoms with Gasteiger partial charge in [0.05, 0.1) is 22.9 Å². The van der Waals surface area contributed by atoms with Crippen molar-refractivity contribution in [2.75, 3.05) is 0 Å². The fourth-order valence-corrected chi connectivity index (χ4v) is 3.80. The van der Waals surface area contributed by atoms with Crippen LogP contribution in [0.25, 0.3) is 11.3 Å². The molecule has 0 amide bonds. The molecule has 0 unspecified atom stereocenters. The molecule has 0 aliphatic heterocycles. The molecule has 3 rings (SSSR count). The van der Waals surface area contributed by atoms with Gasteiger partial charge in [0.2, 0.25) is 0 Å². The zero-order valence-electron chi connectivity index (χ0n) is 19.7. The molecule has 0 fully saturated rings. The van der Waals surface area contributed by atoms with Crippen LogP contribution in [0.2, 0.25) is 0 Å². The maximum Gasteiger partial charge on any atom is 0.416 e. The number of alkyl halides is 3. The SMILES string of the molecule is CCc1cccc(CC)c1-c1cc(OC(C)C)c(COc2ccc(C(F)(F)F)cc2)c(C)n1. The fourth-order valence-electron chi connectivity index (χ4n) is 3.80. The number of nitrogens with zero attached hydrogens (tertiary/aromatic N) is 1. The lowest BCUT2D eigenvalue weighted by Gasteiger charge is -2.20. The average molecular weight is 458 g/mol. The van der Waals surface area contributed by atoms with E-state index in [-0.39, 0.29) is 12.7 Å². The number of aryl methyl sites for hydroxylation is 3. The molecule has 0 N–H and O–H groups in total. The Bertz CT molecular complexity index is 1070. The van der Waals surface area contributed by atoms with Gasteiger partial charge in [-0.3, -0.25) is 4.98 Å². The van der Waals surface area contributed by atoms with Gasteiger partial charge in [-0.25, -0.2) is 0 Å². The van der Waals surface area contributed by atoms with E-state index in [1.807, 2.05) is 26.8 Å². The Kier molecular flexibility index (Phi) is 7.67. The van der Waals surface area contributed by atoms with Crippen LogP contribution in [-0.4, -0.2) is 11.1 Å². The van der Waals surface area contributed by atoms with Crippen LogP contribution in [0.1, 0.15) is 55.6 Å². The monoisotopic (exact) mass is 457 g/mol. The summed E-state index contributed by atoms with van der Waals surface area (Å²) in [6, 6.07) is 13.0. The number of rotatable bonds is 8. The van der Waals surface area contributed by atoms with Gasteiger partial charge in [-0.2, -0.15) is 13.2 Å². The predicted octanol–water partition coefficient (Wildman–Crippen LogP) is 7.57. The van der Waals surface area contributed by atoms with Gasteiger partial charge in [0.15, 0.2) is 0 Å². The van der Waals surface area contributed by atoms with Crippen molar-refractivity contribution in [3.63, 3.8) is 0 Å². The highest BCUT2D eigenvalue weighted by Gasteiger charge is 2.30. The van der Waals surface area contributed by atoms with Crippen molar-refractivity contribution in [3.05, 3.63) is 76.5 Å². The molecule has 0 aliphatic carbocycles. The summed E-state index contributed by atoms with van der Waals surface area (Å²) in [5.74, 6) is 1.03. The first-order valence-electron chi connectivity index (χ1n) is 11.2. The first-order chi connectivity index (χ1) is 15.6. The second kappa shape index (κ2) is 10.3. The van der Waals surface area contributed by atoms with Crippen LogP contribution in [0.4, 0.5) is 13.2 Å². The van der Waals surface area contributed by atoms with Gasteiger partial charge in [0, 0.05) is 17.3 Å². The first kappa shape index (κ1) is 24.6. The van der Waals surface area contributed by atoms with E-state index in [4.69, 9.17) is 14.5 Å². The van der Waals surface area contributed by atoms with Crippen LogP contribution in [0, 0.1) is 6.92 Å². The molecule has 0 saturated carbocycles. The van der Waals surface area contributed by atoms with E-state index >= 15 is 0 Å². The summed E-state index contributed by atoms with van der Waals surface area (Å²) in [5, 5.41) is 0. The van der Waals surface area contributed by atoms with E-state index < -0.39 is 11.7 Å². The molecule has 0 radical (unpaired) electrons. The molecule has 0 spiro atoms. The van der Waals surface area contributed by atoms with E-state index in [2.05, 4.69) is 32.0 Å². The second-order valence-corrected chi connectivity index (χ2v) is 8.21. The average Bonchev–Trinajstić information content (AvgIpc) is 2.77. The number of ether oxygens (including phenoxy) is 2. The van der Waals surface area contributed by atoms with Gasteiger partial charge < -0.3 is 9.47 Å². The highest BCUT2D eigenvalue weighted by Crippen LogP contribution is 2.34. The van der Waals surface area contributed by atoms with Crippen molar-refractivity contribution in [2.24, 2.45) is 0 Å². The Balaban J connectivity index is 1.97. The van der Waals surface area contributed by atoms with Gasteiger partial charge in [0.1, 0.15) is 18.1 Å². The number of benzene rings is 2. The summed E-state index contributed by atoms with van der Waals surface area (Å²) in [4.78, 5) is 4.88. The van der Waals surface area contributed by atoms with Crippen molar-refractivity contribution >= 4 is 0 Å². The summed E-state index contributed by atoms with van der Waals surface area (Å²) in [6.07, 6.45) is -2.65. The highest BCUT2D eigenvalue weighted by atomic mass is 19.4. The van der Waals surface area contributed by atoms with E-state index in [1.165, 1.54) is 23.3 Å². The maximum atomic E-state index is 12.8. The van der Waals surface area contributed by atoms with Crippen LogP contribution in [0.3, 0.4) is 0 Å². The summed E-state index contributed by atoms with van der Waals surface area (Å²) in [7, 11) is 0. The molecule has 6 heteroatoms. The van der Waals surface area contributed by atoms with Gasteiger partial charge in [-0.15, -0.1) is 0 Å². The molecular weight excluding hydrogens is 427 g/mol. The van der Waals surface area contributed by atoms with Crippen LogP contribution in [0.5, 0.6) is 11.5 Å². The summed E-state index contributed by atoms with van der Waals surface area (Å²) < 4.78 is 50.4. The van der Waals surface area contributed by atoms with Crippen molar-refractivity contribution in [2.45, 2.75) is 66.3 Å². The lowest BCUT2D eigenvalue weighted by molar-refractivity contribution is -0.137. The molecule has 3 aromatic rings. The van der Waals surface area contributed by atoms with E-state index in [9.17, 15) is 13.2 Å². The number of hydrogen-bond donors (Lipinski definition) is 0. The zero-order chi connectivity index (χ0) is 24.2. The molecule has 3 nitrogen and oxygen atoms in total. The third kappa shape index (κ3) is 5.86. The molecule has 0 bridgehead atoms. The maximum absolute atomic E-state index is 12.8. The largest absolute Gasteiger partial charge is 0.490 e. The Morgan fingerprint density at radius 2 is 1.55 bits per heavy atom. The van der Waals surface area contributed by atoms with Gasteiger partial charge in [-0.1, -0.05) is 32.0 Å². The van der Waals surface area contributed by atoms with Crippen molar-refractivity contribution in [3.8, 4) is 22.8 Å². The number of halogens is 3. The van der Waals surface area contributed by atoms with Crippen LogP contribution < -0.4 is 9.47 Å². The first-order valence-corrected chi connectivity index (χ1v) is 11.2. The van der Waals surface area contributed by atoms with E-state index in [0.717, 1.165) is 47.5 Å². The zero-order valence-corrected chi connectivity index (χ0v) is 19.7. The molecule has 0 atom stereocenters. The Hall–Kier alpha value is -3.02. The molecule has 176 valence electrons. The Morgan fingerprint density at radius 3 is 2.06 bits per heavy atom.